The molecule has 1 saturated carbocycles. The summed E-state index contributed by atoms with van der Waals surface area (Å²) in [5.74, 6) is -0.775. The Morgan fingerprint density at radius 1 is 1.33 bits per heavy atom. The Hall–Kier alpha value is -1.13. The maximum atomic E-state index is 12.4. The van der Waals surface area contributed by atoms with Crippen LogP contribution in [0.1, 0.15) is 42.9 Å². The number of aryl methyl sites for hydroxylation is 1. The van der Waals surface area contributed by atoms with E-state index in [0.717, 1.165) is 12.8 Å². The number of rotatable bonds is 2. The zero-order valence-corrected chi connectivity index (χ0v) is 8.30. The minimum Gasteiger partial charge on any atom is -0.229 e. The van der Waals surface area contributed by atoms with Crippen LogP contribution < -0.4 is 0 Å². The molecule has 5 heteroatoms. The molecule has 0 unspecified atom stereocenters. The summed E-state index contributed by atoms with van der Waals surface area (Å²) < 4.78 is 37.3. The van der Waals surface area contributed by atoms with Crippen molar-refractivity contribution < 1.29 is 13.2 Å². The molecule has 0 radical (unpaired) electrons. The van der Waals surface area contributed by atoms with Crippen LogP contribution in [0.15, 0.2) is 6.07 Å². The van der Waals surface area contributed by atoms with E-state index in [1.807, 2.05) is 0 Å². The molecule has 0 saturated heterocycles. The van der Waals surface area contributed by atoms with Gasteiger partial charge < -0.3 is 0 Å². The monoisotopic (exact) mass is 216 g/mol. The molecule has 1 fully saturated rings. The van der Waals surface area contributed by atoms with Crippen LogP contribution in [0, 0.1) is 0 Å². The summed E-state index contributed by atoms with van der Waals surface area (Å²) in [6, 6.07) is 1.69. The Bertz CT molecular complexity index is 369. The van der Waals surface area contributed by atoms with Crippen LogP contribution in [0.3, 0.4) is 0 Å². The molecule has 1 aromatic heterocycles. The van der Waals surface area contributed by atoms with E-state index in [2.05, 4.69) is 9.97 Å². The molecule has 0 aromatic carbocycles. The molecule has 2 nitrogen and oxygen atoms in total. The van der Waals surface area contributed by atoms with Gasteiger partial charge in [0.05, 0.1) is 0 Å². The first-order chi connectivity index (χ1) is 7.00. The van der Waals surface area contributed by atoms with Crippen LogP contribution in [-0.4, -0.2) is 9.97 Å². The highest BCUT2D eigenvalue weighted by molar-refractivity contribution is 5.20. The quantitative estimate of drug-likeness (QED) is 0.759. The first kappa shape index (κ1) is 10.4. The average Bonchev–Trinajstić information content (AvgIpc) is 2.99. The molecule has 0 atom stereocenters. The van der Waals surface area contributed by atoms with Gasteiger partial charge in [0.15, 0.2) is 0 Å². The Morgan fingerprint density at radius 3 is 2.47 bits per heavy atom. The largest absolute Gasteiger partial charge is 0.451 e. The lowest BCUT2D eigenvalue weighted by atomic mass is 10.2. The normalized spacial score (nSPS) is 16.8. The number of alkyl halides is 3. The first-order valence-electron chi connectivity index (χ1n) is 4.95. The van der Waals surface area contributed by atoms with E-state index in [0.29, 0.717) is 17.8 Å². The molecule has 0 amide bonds. The molecular formula is C10H11F3N2. The number of nitrogens with zero attached hydrogens (tertiary/aromatic N) is 2. The van der Waals surface area contributed by atoms with Crippen molar-refractivity contribution in [1.29, 1.82) is 0 Å². The Balaban J connectivity index is 2.41. The molecule has 1 aliphatic rings. The van der Waals surface area contributed by atoms with E-state index >= 15 is 0 Å². The minimum atomic E-state index is -4.44. The summed E-state index contributed by atoms with van der Waals surface area (Å²) >= 11 is 0. The molecule has 0 aliphatic heterocycles. The molecule has 2 rings (SSSR count). The fourth-order valence-electron chi connectivity index (χ4n) is 1.41. The minimum absolute atomic E-state index is 0.222. The lowest BCUT2D eigenvalue weighted by molar-refractivity contribution is -0.145. The molecule has 0 spiro atoms. The highest BCUT2D eigenvalue weighted by Crippen LogP contribution is 2.40. The van der Waals surface area contributed by atoms with Crippen molar-refractivity contribution in [2.24, 2.45) is 0 Å². The van der Waals surface area contributed by atoms with Gasteiger partial charge in [-0.2, -0.15) is 13.2 Å². The predicted octanol–water partition coefficient (Wildman–Crippen LogP) is 2.94. The van der Waals surface area contributed by atoms with Gasteiger partial charge in [0.25, 0.3) is 0 Å². The highest BCUT2D eigenvalue weighted by Gasteiger charge is 2.36. The molecule has 15 heavy (non-hydrogen) atoms. The van der Waals surface area contributed by atoms with Gasteiger partial charge in [-0.1, -0.05) is 6.92 Å². The number of aromatic nitrogens is 2. The number of hydrogen-bond donors (Lipinski definition) is 0. The predicted molar refractivity (Wildman–Crippen MR) is 48.4 cm³/mol. The van der Waals surface area contributed by atoms with Crippen LogP contribution in [0.4, 0.5) is 13.2 Å². The molecule has 1 aliphatic carbocycles. The second-order valence-electron chi connectivity index (χ2n) is 3.73. The van der Waals surface area contributed by atoms with Crippen LogP contribution >= 0.6 is 0 Å². The highest BCUT2D eigenvalue weighted by atomic mass is 19.4. The van der Waals surface area contributed by atoms with Gasteiger partial charge in [-0.15, -0.1) is 0 Å². The smallest absolute Gasteiger partial charge is 0.229 e. The summed E-state index contributed by atoms with van der Waals surface area (Å²) in [5.41, 5.74) is 1.02. The van der Waals surface area contributed by atoms with Crippen molar-refractivity contribution in [2.45, 2.75) is 38.3 Å². The summed E-state index contributed by atoms with van der Waals surface area (Å²) in [4.78, 5) is 7.08. The second kappa shape index (κ2) is 3.47. The third-order valence-corrected chi connectivity index (χ3v) is 2.41. The van der Waals surface area contributed by atoms with Gasteiger partial charge in [-0.3, -0.25) is 0 Å². The van der Waals surface area contributed by atoms with Gasteiger partial charge in [-0.25, -0.2) is 9.97 Å². The zero-order chi connectivity index (χ0) is 11.1. The Labute approximate surface area is 85.6 Å². The Morgan fingerprint density at radius 2 is 2.00 bits per heavy atom. The fraction of sp³-hybridized carbons (Fsp3) is 0.600. The van der Waals surface area contributed by atoms with E-state index in [-0.39, 0.29) is 5.92 Å². The SMILES string of the molecule is CCc1cc(C2CC2)nc(C(F)(F)F)n1. The van der Waals surface area contributed by atoms with Crippen molar-refractivity contribution in [2.75, 3.05) is 0 Å². The third-order valence-electron chi connectivity index (χ3n) is 2.41. The maximum absolute atomic E-state index is 12.4. The van der Waals surface area contributed by atoms with Gasteiger partial charge in [-0.05, 0) is 25.3 Å². The molecule has 1 heterocycles. The lowest BCUT2D eigenvalue weighted by Gasteiger charge is -2.08. The summed E-state index contributed by atoms with van der Waals surface area (Å²) in [6.07, 6.45) is -2.05. The molecule has 82 valence electrons. The Kier molecular flexibility index (Phi) is 2.40. The molecule has 1 aromatic rings. The van der Waals surface area contributed by atoms with Crippen molar-refractivity contribution in [3.63, 3.8) is 0 Å². The van der Waals surface area contributed by atoms with E-state index < -0.39 is 12.0 Å². The number of halogens is 3. The van der Waals surface area contributed by atoms with Crippen molar-refractivity contribution in [3.8, 4) is 0 Å². The van der Waals surface area contributed by atoms with Gasteiger partial charge in [0.1, 0.15) is 0 Å². The number of hydrogen-bond acceptors (Lipinski definition) is 2. The van der Waals surface area contributed by atoms with E-state index in [9.17, 15) is 13.2 Å². The summed E-state index contributed by atoms with van der Waals surface area (Å²) in [7, 11) is 0. The van der Waals surface area contributed by atoms with Crippen LogP contribution in [0.2, 0.25) is 0 Å². The van der Waals surface area contributed by atoms with Crippen molar-refractivity contribution >= 4 is 0 Å². The molecule has 0 N–H and O–H groups in total. The van der Waals surface area contributed by atoms with E-state index in [1.54, 1.807) is 13.0 Å². The standard InChI is InChI=1S/C10H11F3N2/c1-2-7-5-8(6-3-4-6)15-9(14-7)10(11,12)13/h5-6H,2-4H2,1H3. The zero-order valence-electron chi connectivity index (χ0n) is 8.30. The van der Waals surface area contributed by atoms with Crippen LogP contribution in [0.25, 0.3) is 0 Å². The fourth-order valence-corrected chi connectivity index (χ4v) is 1.41. The average molecular weight is 216 g/mol. The van der Waals surface area contributed by atoms with E-state index in [1.165, 1.54) is 0 Å². The molecular weight excluding hydrogens is 205 g/mol. The van der Waals surface area contributed by atoms with Crippen LogP contribution in [-0.2, 0) is 12.6 Å². The van der Waals surface area contributed by atoms with Crippen molar-refractivity contribution in [3.05, 3.63) is 23.3 Å². The lowest BCUT2D eigenvalue weighted by Crippen LogP contribution is -2.13. The van der Waals surface area contributed by atoms with Gasteiger partial charge in [0.2, 0.25) is 5.82 Å². The summed E-state index contributed by atoms with van der Waals surface area (Å²) in [6.45, 7) is 1.79. The van der Waals surface area contributed by atoms with Gasteiger partial charge >= 0.3 is 6.18 Å². The van der Waals surface area contributed by atoms with Gasteiger partial charge in [0, 0.05) is 17.3 Å². The summed E-state index contributed by atoms with van der Waals surface area (Å²) in [5, 5.41) is 0. The van der Waals surface area contributed by atoms with E-state index in [4.69, 9.17) is 0 Å². The topological polar surface area (TPSA) is 25.8 Å². The third kappa shape index (κ3) is 2.27. The second-order valence-corrected chi connectivity index (χ2v) is 3.73. The van der Waals surface area contributed by atoms with Crippen molar-refractivity contribution in [1.82, 2.24) is 9.97 Å². The molecule has 0 bridgehead atoms. The van der Waals surface area contributed by atoms with Crippen LogP contribution in [0.5, 0.6) is 0 Å². The maximum Gasteiger partial charge on any atom is 0.451 e. The first-order valence-corrected chi connectivity index (χ1v) is 4.95.